The number of anilines is 2. The van der Waals surface area contributed by atoms with Gasteiger partial charge in [-0.1, -0.05) is 12.1 Å². The summed E-state index contributed by atoms with van der Waals surface area (Å²) >= 11 is 0. The number of hydrogen-bond donors (Lipinski definition) is 3. The molecule has 4 heterocycles. The first kappa shape index (κ1) is 25.3. The molecule has 10 nitrogen and oxygen atoms in total. The minimum Gasteiger partial charge on any atom is -0.354 e. The van der Waals surface area contributed by atoms with Gasteiger partial charge >= 0.3 is 0 Å². The third kappa shape index (κ3) is 4.68. The number of nitrogens with one attached hydrogen (secondary N) is 3. The number of likely N-dealkylation sites (N-methyl/N-ethyl adjacent to an activating group) is 1. The highest BCUT2D eigenvalue weighted by atomic mass is 19.1. The molecule has 196 valence electrons. The van der Waals surface area contributed by atoms with E-state index in [-0.39, 0.29) is 17.6 Å². The second-order valence-electron chi connectivity index (χ2n) is 10.0. The van der Waals surface area contributed by atoms with Gasteiger partial charge in [0.25, 0.3) is 5.91 Å². The van der Waals surface area contributed by atoms with Crippen molar-refractivity contribution in [3.8, 4) is 11.3 Å². The topological polar surface area (TPSA) is 117 Å². The smallest absolute Gasteiger partial charge is 0.254 e. The van der Waals surface area contributed by atoms with E-state index >= 15 is 0 Å². The Bertz CT molecular complexity index is 1530. The Morgan fingerprint density at radius 2 is 1.97 bits per heavy atom. The van der Waals surface area contributed by atoms with Crippen LogP contribution in [0.3, 0.4) is 0 Å². The monoisotopic (exact) mass is 516 g/mol. The lowest BCUT2D eigenvalue weighted by atomic mass is 9.84. The molecule has 1 aliphatic rings. The van der Waals surface area contributed by atoms with Crippen LogP contribution in [0.4, 0.5) is 15.9 Å². The van der Waals surface area contributed by atoms with Gasteiger partial charge < -0.3 is 20.9 Å². The molecule has 1 aliphatic heterocycles. The third-order valence-electron chi connectivity index (χ3n) is 6.75. The van der Waals surface area contributed by atoms with Gasteiger partial charge in [0.05, 0.1) is 28.6 Å². The molecule has 0 aliphatic carbocycles. The maximum absolute atomic E-state index is 13.5. The third-order valence-corrected chi connectivity index (χ3v) is 6.75. The van der Waals surface area contributed by atoms with Gasteiger partial charge in [-0.25, -0.2) is 9.97 Å². The molecule has 0 unspecified atom stereocenters. The number of fused-ring (bicyclic) bond motifs is 2. The van der Waals surface area contributed by atoms with Gasteiger partial charge in [0.1, 0.15) is 5.82 Å². The van der Waals surface area contributed by atoms with E-state index in [4.69, 9.17) is 0 Å². The number of amides is 2. The molecule has 3 aromatic heterocycles. The number of carbonyl (C=O) groups is 2. The number of rotatable bonds is 8. The van der Waals surface area contributed by atoms with Gasteiger partial charge in [0.2, 0.25) is 17.6 Å². The average molecular weight is 517 g/mol. The van der Waals surface area contributed by atoms with E-state index in [2.05, 4.69) is 30.9 Å². The van der Waals surface area contributed by atoms with Gasteiger partial charge in [0.15, 0.2) is 0 Å². The molecule has 11 heteroatoms. The molecule has 0 radical (unpaired) electrons. The van der Waals surface area contributed by atoms with Crippen molar-refractivity contribution in [2.24, 2.45) is 0 Å². The number of nitrogens with zero attached hydrogens (tertiary/aromatic N) is 5. The van der Waals surface area contributed by atoms with Crippen molar-refractivity contribution in [3.63, 3.8) is 0 Å². The summed E-state index contributed by atoms with van der Waals surface area (Å²) in [5.41, 5.74) is 3.46. The lowest BCUT2D eigenvalue weighted by Crippen LogP contribution is -2.42. The Kier molecular flexibility index (Phi) is 6.53. The number of halogens is 1. The van der Waals surface area contributed by atoms with Gasteiger partial charge in [0, 0.05) is 43.7 Å². The van der Waals surface area contributed by atoms with Crippen molar-refractivity contribution in [1.29, 1.82) is 0 Å². The normalized spacial score (nSPS) is 13.1. The van der Waals surface area contributed by atoms with Gasteiger partial charge in [-0.15, -0.1) is 0 Å². The molecule has 4 aromatic rings. The van der Waals surface area contributed by atoms with Crippen molar-refractivity contribution in [1.82, 2.24) is 34.9 Å². The summed E-state index contributed by atoms with van der Waals surface area (Å²) in [7, 11) is 3.91. The highest BCUT2D eigenvalue weighted by Crippen LogP contribution is 2.35. The summed E-state index contributed by atoms with van der Waals surface area (Å²) in [4.78, 5) is 40.1. The number of pyridine rings is 1. The van der Waals surface area contributed by atoms with E-state index in [1.807, 2.05) is 51.0 Å². The zero-order valence-electron chi connectivity index (χ0n) is 21.7. The Morgan fingerprint density at radius 1 is 1.16 bits per heavy atom. The predicted molar refractivity (Wildman–Crippen MR) is 142 cm³/mol. The summed E-state index contributed by atoms with van der Waals surface area (Å²) in [6, 6.07) is 8.63. The number of carbonyl (C=O) groups excluding carboxylic acids is 2. The van der Waals surface area contributed by atoms with E-state index in [0.29, 0.717) is 35.9 Å². The molecule has 0 atom stereocenters. The molecule has 0 fully saturated rings. The first-order valence-electron chi connectivity index (χ1n) is 12.3. The summed E-state index contributed by atoms with van der Waals surface area (Å²) < 4.78 is 15.2. The molecule has 0 saturated heterocycles. The average Bonchev–Trinajstić information content (AvgIpc) is 3.48. The molecule has 5 rings (SSSR count). The predicted octanol–water partition coefficient (Wildman–Crippen LogP) is 2.87. The van der Waals surface area contributed by atoms with Crippen LogP contribution >= 0.6 is 0 Å². The SMILES string of the molecule is CN(C)CCNC(=O)C(C)(C)c1ccc(Nc2ccc(-c3cnc4nc(F)ccn34)c3c2C(=O)NC3)nc1. The Balaban J connectivity index is 1.39. The van der Waals surface area contributed by atoms with E-state index < -0.39 is 11.4 Å². The molecular weight excluding hydrogens is 487 g/mol. The minimum absolute atomic E-state index is 0.0720. The molecule has 0 spiro atoms. The van der Waals surface area contributed by atoms with Crippen molar-refractivity contribution >= 4 is 29.1 Å². The van der Waals surface area contributed by atoms with Crippen molar-refractivity contribution in [2.75, 3.05) is 32.5 Å². The van der Waals surface area contributed by atoms with E-state index in [1.54, 1.807) is 29.1 Å². The molecular formula is C27H29FN8O2. The second-order valence-corrected chi connectivity index (χ2v) is 10.0. The zero-order chi connectivity index (χ0) is 27.0. The van der Waals surface area contributed by atoms with Crippen molar-refractivity contribution < 1.29 is 14.0 Å². The van der Waals surface area contributed by atoms with Crippen LogP contribution in [0, 0.1) is 5.95 Å². The fourth-order valence-electron chi connectivity index (χ4n) is 4.46. The summed E-state index contributed by atoms with van der Waals surface area (Å²) in [5.74, 6) is -0.0941. The molecule has 2 amide bonds. The largest absolute Gasteiger partial charge is 0.354 e. The van der Waals surface area contributed by atoms with Crippen LogP contribution < -0.4 is 16.0 Å². The molecule has 1 aromatic carbocycles. The standard InChI is InChI=1S/C27H29FN8O2/c1-27(2,25(38)29-10-12-35(3)4)16-5-8-22(30-13-16)33-19-7-6-17(18-14-31-24(37)23(18)19)20-15-32-26-34-21(28)9-11-36(20)26/h5-9,11,13,15H,10,12,14H2,1-4H3,(H,29,38)(H,30,33)(H,31,37). The van der Waals surface area contributed by atoms with Crippen LogP contribution in [0.2, 0.25) is 0 Å². The number of hydrogen-bond acceptors (Lipinski definition) is 7. The highest BCUT2D eigenvalue weighted by Gasteiger charge is 2.30. The van der Waals surface area contributed by atoms with Crippen LogP contribution in [0.5, 0.6) is 0 Å². The lowest BCUT2D eigenvalue weighted by Gasteiger charge is -2.24. The maximum atomic E-state index is 13.5. The maximum Gasteiger partial charge on any atom is 0.254 e. The van der Waals surface area contributed by atoms with Crippen molar-refractivity contribution in [2.45, 2.75) is 25.8 Å². The van der Waals surface area contributed by atoms with E-state index in [1.165, 1.54) is 6.07 Å². The Labute approximate surface area is 219 Å². The quantitative estimate of drug-likeness (QED) is 0.308. The van der Waals surface area contributed by atoms with Crippen LogP contribution in [0.15, 0.2) is 48.9 Å². The Hall–Kier alpha value is -4.38. The number of benzene rings is 1. The minimum atomic E-state index is -0.758. The van der Waals surface area contributed by atoms with Crippen LogP contribution in [-0.4, -0.2) is 63.3 Å². The molecule has 3 N–H and O–H groups in total. The van der Waals surface area contributed by atoms with E-state index in [0.717, 1.165) is 23.2 Å². The van der Waals surface area contributed by atoms with Crippen LogP contribution in [0.1, 0.15) is 35.3 Å². The zero-order valence-corrected chi connectivity index (χ0v) is 21.7. The first-order chi connectivity index (χ1) is 18.1. The van der Waals surface area contributed by atoms with E-state index in [9.17, 15) is 14.0 Å². The molecule has 0 bridgehead atoms. The van der Waals surface area contributed by atoms with Gasteiger partial charge in [-0.2, -0.15) is 9.37 Å². The van der Waals surface area contributed by atoms with Crippen LogP contribution in [0.25, 0.3) is 17.0 Å². The number of aromatic nitrogens is 4. The van der Waals surface area contributed by atoms with Gasteiger partial charge in [-0.05, 0) is 51.2 Å². The highest BCUT2D eigenvalue weighted by molar-refractivity contribution is 6.06. The van der Waals surface area contributed by atoms with Crippen molar-refractivity contribution in [3.05, 3.63) is 71.6 Å². The fraction of sp³-hybridized carbons (Fsp3) is 0.296. The summed E-state index contributed by atoms with van der Waals surface area (Å²) in [5, 5.41) is 9.10. The van der Waals surface area contributed by atoms with Crippen LogP contribution in [-0.2, 0) is 16.8 Å². The first-order valence-corrected chi connectivity index (χ1v) is 12.3. The lowest BCUT2D eigenvalue weighted by molar-refractivity contribution is -0.125. The van der Waals surface area contributed by atoms with Gasteiger partial charge in [-0.3, -0.25) is 14.0 Å². The summed E-state index contributed by atoms with van der Waals surface area (Å²) in [6.07, 6.45) is 4.86. The Morgan fingerprint density at radius 3 is 2.71 bits per heavy atom. The molecule has 0 saturated carbocycles. The number of imidazole rings is 1. The fourth-order valence-corrected chi connectivity index (χ4v) is 4.46. The molecule has 38 heavy (non-hydrogen) atoms. The summed E-state index contributed by atoms with van der Waals surface area (Å²) in [6.45, 7) is 5.40. The second kappa shape index (κ2) is 9.82.